The molecule has 21 heavy (non-hydrogen) atoms. The molecule has 0 radical (unpaired) electrons. The minimum atomic E-state index is 0.109. The first kappa shape index (κ1) is 16.8. The van der Waals surface area contributed by atoms with Gasteiger partial charge in [0.15, 0.2) is 0 Å². The number of rotatable bonds is 5. The Morgan fingerprint density at radius 2 is 1.90 bits per heavy atom. The molecule has 0 spiro atoms. The second-order valence-corrected chi connectivity index (χ2v) is 6.68. The number of hydrogen-bond donors (Lipinski definition) is 1. The Morgan fingerprint density at radius 3 is 2.57 bits per heavy atom. The van der Waals surface area contributed by atoms with Crippen LogP contribution in [-0.4, -0.2) is 6.54 Å². The summed E-state index contributed by atoms with van der Waals surface area (Å²) in [5.41, 5.74) is 3.60. The van der Waals surface area contributed by atoms with Gasteiger partial charge in [-0.1, -0.05) is 64.3 Å². The van der Waals surface area contributed by atoms with E-state index in [-0.39, 0.29) is 6.04 Å². The molecule has 1 atom stereocenters. The number of benzene rings is 2. The van der Waals surface area contributed by atoms with Crippen molar-refractivity contribution < 1.29 is 0 Å². The van der Waals surface area contributed by atoms with E-state index in [0.717, 1.165) is 23.0 Å². The van der Waals surface area contributed by atoms with E-state index in [9.17, 15) is 0 Å². The quantitative estimate of drug-likeness (QED) is 0.649. The first-order valence-corrected chi connectivity index (χ1v) is 8.52. The highest BCUT2D eigenvalue weighted by molar-refractivity contribution is 9.10. The maximum atomic E-state index is 6.18. The second kappa shape index (κ2) is 7.64. The molecular formula is C17H18BrCl2N. The lowest BCUT2D eigenvalue weighted by atomic mass is 9.95. The molecule has 2 aromatic carbocycles. The molecule has 0 saturated carbocycles. The van der Waals surface area contributed by atoms with E-state index in [4.69, 9.17) is 23.2 Å². The Kier molecular flexibility index (Phi) is 6.12. The van der Waals surface area contributed by atoms with Gasteiger partial charge in [-0.3, -0.25) is 0 Å². The molecule has 0 amide bonds. The van der Waals surface area contributed by atoms with Crippen LogP contribution in [0.2, 0.25) is 10.0 Å². The predicted octanol–water partition coefficient (Wildman–Crippen LogP) is 6.15. The van der Waals surface area contributed by atoms with Gasteiger partial charge >= 0.3 is 0 Å². The van der Waals surface area contributed by atoms with Crippen LogP contribution in [0.1, 0.15) is 36.1 Å². The van der Waals surface area contributed by atoms with E-state index >= 15 is 0 Å². The standard InChI is InChI=1S/C17H18BrCl2N/c1-3-9-21-17(12-7-8-15(19)16(20)10-12)13-5-4-6-14(18)11(13)2/h4-8,10,17,21H,3,9H2,1-2H3. The average Bonchev–Trinajstić information content (AvgIpc) is 2.47. The molecule has 1 nitrogen and oxygen atoms in total. The maximum Gasteiger partial charge on any atom is 0.0595 e. The lowest BCUT2D eigenvalue weighted by Crippen LogP contribution is -2.24. The molecular weight excluding hydrogens is 369 g/mol. The molecule has 0 heterocycles. The monoisotopic (exact) mass is 385 g/mol. The molecule has 112 valence electrons. The Balaban J connectivity index is 2.47. The third kappa shape index (κ3) is 4.01. The maximum absolute atomic E-state index is 6.18. The van der Waals surface area contributed by atoms with Crippen LogP contribution in [0.25, 0.3) is 0 Å². The second-order valence-electron chi connectivity index (χ2n) is 5.01. The van der Waals surface area contributed by atoms with Crippen molar-refractivity contribution in [3.8, 4) is 0 Å². The first-order valence-electron chi connectivity index (χ1n) is 6.98. The molecule has 0 aromatic heterocycles. The van der Waals surface area contributed by atoms with Gasteiger partial charge in [0, 0.05) is 4.47 Å². The lowest BCUT2D eigenvalue weighted by Gasteiger charge is -2.22. The minimum Gasteiger partial charge on any atom is -0.306 e. The molecule has 0 aliphatic carbocycles. The summed E-state index contributed by atoms with van der Waals surface area (Å²) < 4.78 is 1.11. The topological polar surface area (TPSA) is 12.0 Å². The molecule has 0 fully saturated rings. The molecule has 1 unspecified atom stereocenters. The highest BCUT2D eigenvalue weighted by atomic mass is 79.9. The zero-order valence-corrected chi connectivity index (χ0v) is 15.2. The summed E-state index contributed by atoms with van der Waals surface area (Å²) in [6.45, 7) is 5.22. The summed E-state index contributed by atoms with van der Waals surface area (Å²) in [6, 6.07) is 12.2. The molecule has 2 rings (SSSR count). The highest BCUT2D eigenvalue weighted by Crippen LogP contribution is 2.32. The average molecular weight is 387 g/mol. The van der Waals surface area contributed by atoms with Crippen molar-refractivity contribution in [3.05, 3.63) is 67.6 Å². The summed E-state index contributed by atoms with van der Waals surface area (Å²) >= 11 is 15.8. The molecule has 0 aliphatic heterocycles. The summed E-state index contributed by atoms with van der Waals surface area (Å²) in [6.07, 6.45) is 1.07. The van der Waals surface area contributed by atoms with Crippen molar-refractivity contribution in [2.24, 2.45) is 0 Å². The third-order valence-electron chi connectivity index (χ3n) is 3.50. The van der Waals surface area contributed by atoms with Gasteiger partial charge < -0.3 is 5.32 Å². The zero-order chi connectivity index (χ0) is 15.4. The van der Waals surface area contributed by atoms with Gasteiger partial charge in [0.2, 0.25) is 0 Å². The SMILES string of the molecule is CCCNC(c1ccc(Cl)c(Cl)c1)c1cccc(Br)c1C. The normalized spacial score (nSPS) is 12.4. The zero-order valence-electron chi connectivity index (χ0n) is 12.1. The van der Waals surface area contributed by atoms with Gasteiger partial charge in [-0.2, -0.15) is 0 Å². The van der Waals surface area contributed by atoms with Crippen LogP contribution in [0, 0.1) is 6.92 Å². The van der Waals surface area contributed by atoms with Gasteiger partial charge in [0.1, 0.15) is 0 Å². The smallest absolute Gasteiger partial charge is 0.0595 e. The van der Waals surface area contributed by atoms with Crippen molar-refractivity contribution in [3.63, 3.8) is 0 Å². The van der Waals surface area contributed by atoms with Gasteiger partial charge in [-0.05, 0) is 54.8 Å². The number of hydrogen-bond acceptors (Lipinski definition) is 1. The Labute approximate surface area is 144 Å². The van der Waals surface area contributed by atoms with Gasteiger partial charge in [-0.15, -0.1) is 0 Å². The summed E-state index contributed by atoms with van der Waals surface area (Å²) in [4.78, 5) is 0. The first-order chi connectivity index (χ1) is 10.0. The minimum absolute atomic E-state index is 0.109. The van der Waals surface area contributed by atoms with Crippen LogP contribution in [0.4, 0.5) is 0 Å². The van der Waals surface area contributed by atoms with Crippen molar-refractivity contribution >= 4 is 39.1 Å². The van der Waals surface area contributed by atoms with Crippen LogP contribution < -0.4 is 5.32 Å². The number of halogens is 3. The fourth-order valence-corrected chi connectivity index (χ4v) is 3.01. The van der Waals surface area contributed by atoms with Crippen molar-refractivity contribution in [2.75, 3.05) is 6.54 Å². The van der Waals surface area contributed by atoms with E-state index in [0.29, 0.717) is 10.0 Å². The van der Waals surface area contributed by atoms with Gasteiger partial charge in [0.25, 0.3) is 0 Å². The Hall–Kier alpha value is -0.540. The summed E-state index contributed by atoms with van der Waals surface area (Å²) in [5.74, 6) is 0. The molecule has 0 saturated heterocycles. The van der Waals surface area contributed by atoms with Crippen LogP contribution in [0.15, 0.2) is 40.9 Å². The largest absolute Gasteiger partial charge is 0.306 e. The molecule has 0 bridgehead atoms. The van der Waals surface area contributed by atoms with Crippen molar-refractivity contribution in [1.29, 1.82) is 0 Å². The third-order valence-corrected chi connectivity index (χ3v) is 5.09. The van der Waals surface area contributed by atoms with Crippen LogP contribution >= 0.6 is 39.1 Å². The van der Waals surface area contributed by atoms with E-state index in [2.05, 4.69) is 53.3 Å². The van der Waals surface area contributed by atoms with Gasteiger partial charge in [0.05, 0.1) is 16.1 Å². The van der Waals surface area contributed by atoms with Crippen LogP contribution in [-0.2, 0) is 0 Å². The van der Waals surface area contributed by atoms with Crippen LogP contribution in [0.3, 0.4) is 0 Å². The molecule has 2 aromatic rings. The van der Waals surface area contributed by atoms with Crippen molar-refractivity contribution in [2.45, 2.75) is 26.3 Å². The van der Waals surface area contributed by atoms with E-state index in [1.807, 2.05) is 18.2 Å². The lowest BCUT2D eigenvalue weighted by molar-refractivity contribution is 0.596. The summed E-state index contributed by atoms with van der Waals surface area (Å²) in [5, 5.41) is 4.77. The molecule has 0 aliphatic rings. The fourth-order valence-electron chi connectivity index (χ4n) is 2.32. The Morgan fingerprint density at radius 1 is 1.14 bits per heavy atom. The molecule has 1 N–H and O–H groups in total. The Bertz CT molecular complexity index is 628. The summed E-state index contributed by atoms with van der Waals surface area (Å²) in [7, 11) is 0. The highest BCUT2D eigenvalue weighted by Gasteiger charge is 2.17. The number of nitrogens with one attached hydrogen (secondary N) is 1. The van der Waals surface area contributed by atoms with Crippen molar-refractivity contribution in [1.82, 2.24) is 5.32 Å². The van der Waals surface area contributed by atoms with E-state index in [1.165, 1.54) is 11.1 Å². The van der Waals surface area contributed by atoms with E-state index in [1.54, 1.807) is 0 Å². The van der Waals surface area contributed by atoms with Gasteiger partial charge in [-0.25, -0.2) is 0 Å². The van der Waals surface area contributed by atoms with Crippen LogP contribution in [0.5, 0.6) is 0 Å². The van der Waals surface area contributed by atoms with E-state index < -0.39 is 0 Å². The predicted molar refractivity (Wildman–Crippen MR) is 95.5 cm³/mol. The fraction of sp³-hybridized carbons (Fsp3) is 0.294. The molecule has 4 heteroatoms.